The van der Waals surface area contributed by atoms with Gasteiger partial charge in [-0.15, -0.1) is 0 Å². The lowest BCUT2D eigenvalue weighted by Crippen LogP contribution is -2.39. The van der Waals surface area contributed by atoms with Crippen LogP contribution in [0, 0.1) is 5.82 Å². The lowest BCUT2D eigenvalue weighted by molar-refractivity contribution is 0.0975. The predicted octanol–water partition coefficient (Wildman–Crippen LogP) is 5.35. The molecule has 0 bridgehead atoms. The number of fused-ring (bicyclic) bond motifs is 2. The summed E-state index contributed by atoms with van der Waals surface area (Å²) in [7, 11) is 1.68. The quantitative estimate of drug-likeness (QED) is 0.372. The average molecular weight is 534 g/mol. The Morgan fingerprint density at radius 1 is 1.00 bits per heavy atom. The third-order valence-corrected chi connectivity index (χ3v) is 8.49. The van der Waals surface area contributed by atoms with Gasteiger partial charge in [-0.3, -0.25) is 4.98 Å². The summed E-state index contributed by atoms with van der Waals surface area (Å²) in [6.45, 7) is 6.29. The van der Waals surface area contributed by atoms with Crippen LogP contribution in [0.25, 0.3) is 11.0 Å². The van der Waals surface area contributed by atoms with Crippen molar-refractivity contribution in [3.8, 4) is 5.88 Å². The first-order chi connectivity index (χ1) is 19.2. The van der Waals surface area contributed by atoms with Gasteiger partial charge >= 0.3 is 0 Å². The first-order valence-corrected chi connectivity index (χ1v) is 14.6. The number of rotatable bonds is 9. The van der Waals surface area contributed by atoms with E-state index in [1.54, 1.807) is 19.2 Å². The van der Waals surface area contributed by atoms with E-state index in [4.69, 9.17) is 19.4 Å². The minimum Gasteiger partial charge on any atom is -0.481 e. The number of aryl methyl sites for hydroxylation is 1. The van der Waals surface area contributed by atoms with Crippen molar-refractivity contribution >= 4 is 22.4 Å². The molecule has 0 radical (unpaired) electrons. The molecule has 3 aromatic rings. The maximum atomic E-state index is 13.8. The van der Waals surface area contributed by atoms with Gasteiger partial charge in [0, 0.05) is 42.6 Å². The lowest BCUT2D eigenvalue weighted by Gasteiger charge is -2.35. The fourth-order valence-corrected chi connectivity index (χ4v) is 6.34. The van der Waals surface area contributed by atoms with Gasteiger partial charge in [-0.25, -0.2) is 9.37 Å². The third-order valence-electron chi connectivity index (χ3n) is 8.49. The lowest BCUT2D eigenvalue weighted by atomic mass is 9.92. The number of aromatic nitrogens is 2. The molecule has 0 unspecified atom stereocenters. The molecule has 0 atom stereocenters. The van der Waals surface area contributed by atoms with Crippen LogP contribution in [-0.2, 0) is 24.2 Å². The molecule has 2 aliphatic heterocycles. The van der Waals surface area contributed by atoms with Gasteiger partial charge in [-0.1, -0.05) is 6.07 Å². The number of anilines is 2. The molecule has 2 fully saturated rings. The summed E-state index contributed by atoms with van der Waals surface area (Å²) in [5.74, 6) is 0.434. The van der Waals surface area contributed by atoms with Crippen molar-refractivity contribution in [3.05, 3.63) is 53.0 Å². The van der Waals surface area contributed by atoms with Gasteiger partial charge in [0.25, 0.3) is 0 Å². The largest absolute Gasteiger partial charge is 0.481 e. The number of hydrogen-bond acceptors (Lipinski definition) is 7. The van der Waals surface area contributed by atoms with E-state index in [0.29, 0.717) is 25.1 Å². The minimum atomic E-state index is -0.181. The number of pyridine rings is 2. The summed E-state index contributed by atoms with van der Waals surface area (Å²) >= 11 is 0. The average Bonchev–Trinajstić information content (AvgIpc) is 3.49. The Bertz CT molecular complexity index is 1290. The second kappa shape index (κ2) is 12.0. The van der Waals surface area contributed by atoms with Crippen molar-refractivity contribution in [2.45, 2.75) is 64.0 Å². The molecule has 3 aliphatic rings. The summed E-state index contributed by atoms with van der Waals surface area (Å²) in [5, 5.41) is 3.89. The molecule has 208 valence electrons. The van der Waals surface area contributed by atoms with E-state index in [1.165, 1.54) is 56.1 Å². The minimum absolute atomic E-state index is 0.181. The van der Waals surface area contributed by atoms with Gasteiger partial charge in [-0.2, -0.15) is 0 Å². The Morgan fingerprint density at radius 2 is 1.82 bits per heavy atom. The molecule has 39 heavy (non-hydrogen) atoms. The Hall–Kier alpha value is -2.97. The smallest absolute Gasteiger partial charge is 0.219 e. The molecule has 7 nitrogen and oxygen atoms in total. The van der Waals surface area contributed by atoms with Crippen LogP contribution < -0.4 is 15.0 Å². The van der Waals surface area contributed by atoms with Crippen molar-refractivity contribution < 1.29 is 13.9 Å². The highest BCUT2D eigenvalue weighted by molar-refractivity contribution is 5.91. The Balaban J connectivity index is 1.21. The maximum absolute atomic E-state index is 13.8. The van der Waals surface area contributed by atoms with Crippen molar-refractivity contribution in [2.75, 3.05) is 56.7 Å². The zero-order valence-electron chi connectivity index (χ0n) is 23.1. The normalized spacial score (nSPS) is 18.5. The Morgan fingerprint density at radius 3 is 2.62 bits per heavy atom. The zero-order chi connectivity index (χ0) is 26.6. The topological polar surface area (TPSA) is 62.8 Å². The molecule has 2 aromatic heterocycles. The molecule has 0 amide bonds. The number of nitrogens with one attached hydrogen (secondary N) is 1. The van der Waals surface area contributed by atoms with Crippen molar-refractivity contribution in [1.82, 2.24) is 14.9 Å². The van der Waals surface area contributed by atoms with E-state index >= 15 is 0 Å². The van der Waals surface area contributed by atoms with Crippen molar-refractivity contribution in [3.63, 3.8) is 0 Å². The summed E-state index contributed by atoms with van der Waals surface area (Å²) in [4.78, 5) is 14.8. The van der Waals surface area contributed by atoms with Gasteiger partial charge in [0.1, 0.15) is 11.3 Å². The molecule has 1 N–H and O–H groups in total. The van der Waals surface area contributed by atoms with Gasteiger partial charge < -0.3 is 24.6 Å². The van der Waals surface area contributed by atoms with E-state index in [0.717, 1.165) is 73.3 Å². The summed E-state index contributed by atoms with van der Waals surface area (Å²) in [6.07, 6.45) is 8.92. The van der Waals surface area contributed by atoms with Gasteiger partial charge in [-0.05, 0) is 94.3 Å². The Labute approximate surface area is 230 Å². The highest BCUT2D eigenvalue weighted by atomic mass is 19.1. The number of halogens is 1. The third kappa shape index (κ3) is 5.97. The predicted molar refractivity (Wildman–Crippen MR) is 153 cm³/mol. The van der Waals surface area contributed by atoms with E-state index in [-0.39, 0.29) is 5.82 Å². The molecule has 0 saturated carbocycles. The zero-order valence-corrected chi connectivity index (χ0v) is 23.1. The maximum Gasteiger partial charge on any atom is 0.219 e. The summed E-state index contributed by atoms with van der Waals surface area (Å²) < 4.78 is 25.6. The van der Waals surface area contributed by atoms with Gasteiger partial charge in [0.15, 0.2) is 0 Å². The molecule has 6 rings (SSSR count). The molecule has 8 heteroatoms. The first-order valence-electron chi connectivity index (χ1n) is 14.6. The van der Waals surface area contributed by atoms with Crippen LogP contribution in [0.2, 0.25) is 0 Å². The highest BCUT2D eigenvalue weighted by Gasteiger charge is 2.25. The van der Waals surface area contributed by atoms with Crippen LogP contribution >= 0.6 is 0 Å². The molecule has 4 heterocycles. The second-order valence-corrected chi connectivity index (χ2v) is 11.1. The summed E-state index contributed by atoms with van der Waals surface area (Å²) in [5.41, 5.74) is 7.34. The number of hydrogen-bond donors (Lipinski definition) is 1. The monoisotopic (exact) mass is 533 g/mol. The molecule has 0 spiro atoms. The van der Waals surface area contributed by atoms with Crippen LogP contribution in [0.4, 0.5) is 15.8 Å². The fraction of sp³-hybridized carbons (Fsp3) is 0.548. The van der Waals surface area contributed by atoms with Crippen LogP contribution in [-0.4, -0.2) is 67.4 Å². The molecule has 1 aromatic carbocycles. The van der Waals surface area contributed by atoms with Crippen LogP contribution in [0.5, 0.6) is 5.88 Å². The van der Waals surface area contributed by atoms with E-state index in [1.807, 2.05) is 6.07 Å². The molecular weight excluding hydrogens is 493 g/mol. The van der Waals surface area contributed by atoms with E-state index < -0.39 is 0 Å². The number of likely N-dealkylation sites (tertiary alicyclic amines) is 1. The van der Waals surface area contributed by atoms with Crippen molar-refractivity contribution in [2.24, 2.45) is 0 Å². The first kappa shape index (κ1) is 26.3. The number of piperidine rings is 1. The van der Waals surface area contributed by atoms with Crippen molar-refractivity contribution in [1.29, 1.82) is 0 Å². The number of methoxy groups -OCH3 is 1. The molecular formula is C31H40FN5O2. The van der Waals surface area contributed by atoms with Crippen LogP contribution in [0.3, 0.4) is 0 Å². The standard InChI is InChI=1S/C31H40FN5O2/c1-38-31-22(21-39-18-17-36-13-4-5-14-36)19-28-30(35-31)29(26-9-2-3-10-27(26)34-28)33-24-11-15-37(16-12-24)25-8-6-7-23(32)20-25/h6-8,19-20,24H,2-5,9-18,21H2,1H3,(H,33,34). The van der Waals surface area contributed by atoms with E-state index in [2.05, 4.69) is 21.2 Å². The second-order valence-electron chi connectivity index (χ2n) is 11.1. The molecule has 1 aliphatic carbocycles. The number of benzene rings is 1. The SMILES string of the molecule is COc1nc2c(NC3CCN(c4cccc(F)c4)CC3)c3c(nc2cc1COCCN1CCCC1)CCCC3. The fourth-order valence-electron chi connectivity index (χ4n) is 6.34. The number of nitrogens with zero attached hydrogens (tertiary/aromatic N) is 4. The number of ether oxygens (including phenoxy) is 2. The van der Waals surface area contributed by atoms with Crippen LogP contribution in [0.1, 0.15) is 55.3 Å². The van der Waals surface area contributed by atoms with E-state index in [9.17, 15) is 4.39 Å². The van der Waals surface area contributed by atoms with Gasteiger partial charge in [0.2, 0.25) is 5.88 Å². The van der Waals surface area contributed by atoms with Crippen LogP contribution in [0.15, 0.2) is 30.3 Å². The molecule has 2 saturated heterocycles. The highest BCUT2D eigenvalue weighted by Crippen LogP contribution is 2.36. The van der Waals surface area contributed by atoms with Gasteiger partial charge in [0.05, 0.1) is 31.5 Å². The summed E-state index contributed by atoms with van der Waals surface area (Å²) in [6, 6.07) is 9.36. The Kier molecular flexibility index (Phi) is 8.11.